The second-order valence-corrected chi connectivity index (χ2v) is 4.45. The number of aromatic nitrogens is 2. The second kappa shape index (κ2) is 5.17. The van der Waals surface area contributed by atoms with Crippen molar-refractivity contribution >= 4 is 0 Å². The van der Waals surface area contributed by atoms with Crippen molar-refractivity contribution < 1.29 is 9.15 Å². The van der Waals surface area contributed by atoms with Crippen molar-refractivity contribution in [1.82, 2.24) is 9.97 Å². The van der Waals surface area contributed by atoms with Crippen LogP contribution >= 0.6 is 0 Å². The number of aryl methyl sites for hydroxylation is 1. The number of methoxy groups -OCH3 is 1. The molecule has 0 amide bonds. The van der Waals surface area contributed by atoms with Crippen LogP contribution in [0.15, 0.2) is 53.3 Å². The summed E-state index contributed by atoms with van der Waals surface area (Å²) in [5.74, 6) is 2.13. The van der Waals surface area contributed by atoms with Crippen molar-refractivity contribution in [2.45, 2.75) is 6.92 Å². The summed E-state index contributed by atoms with van der Waals surface area (Å²) in [6.07, 6.45) is 5.24. The lowest BCUT2D eigenvalue weighted by molar-refractivity contribution is 0.415. The summed E-state index contributed by atoms with van der Waals surface area (Å²) >= 11 is 0. The summed E-state index contributed by atoms with van der Waals surface area (Å²) in [5.41, 5.74) is 2.96. The molecule has 0 saturated carbocycles. The van der Waals surface area contributed by atoms with Gasteiger partial charge in [0.1, 0.15) is 5.75 Å². The zero-order chi connectivity index (χ0) is 13.9. The monoisotopic (exact) mass is 266 g/mol. The van der Waals surface area contributed by atoms with Crippen LogP contribution in [0.1, 0.15) is 5.56 Å². The molecular weight excluding hydrogens is 252 g/mol. The Morgan fingerprint density at radius 1 is 1.05 bits per heavy atom. The molecule has 4 heteroatoms. The molecule has 0 spiro atoms. The van der Waals surface area contributed by atoms with E-state index in [9.17, 15) is 0 Å². The minimum absolute atomic E-state index is 0.585. The summed E-state index contributed by atoms with van der Waals surface area (Å²) in [5, 5.41) is 0. The summed E-state index contributed by atoms with van der Waals surface area (Å²) < 4.78 is 11.0. The summed E-state index contributed by atoms with van der Waals surface area (Å²) in [4.78, 5) is 8.44. The molecule has 2 heterocycles. The molecule has 0 atom stereocenters. The maximum absolute atomic E-state index is 5.82. The quantitative estimate of drug-likeness (QED) is 0.725. The third-order valence-electron chi connectivity index (χ3n) is 3.15. The number of hydrogen-bond acceptors (Lipinski definition) is 4. The predicted octanol–water partition coefficient (Wildman–Crippen LogP) is 3.72. The molecular formula is C16H14N2O2. The molecule has 3 aromatic rings. The highest BCUT2D eigenvalue weighted by Crippen LogP contribution is 2.28. The molecule has 3 rings (SSSR count). The molecule has 1 aromatic carbocycles. The number of nitrogens with zero attached hydrogens (tertiary/aromatic N) is 2. The Morgan fingerprint density at radius 3 is 2.55 bits per heavy atom. The SMILES string of the molecule is COc1ccc(-c2cnc(-c3cnccc3C)o2)cc1. The Hall–Kier alpha value is -2.62. The number of hydrogen-bond donors (Lipinski definition) is 0. The van der Waals surface area contributed by atoms with Gasteiger partial charge in [0, 0.05) is 18.0 Å². The Labute approximate surface area is 117 Å². The lowest BCUT2D eigenvalue weighted by Crippen LogP contribution is -1.83. The van der Waals surface area contributed by atoms with Crippen LogP contribution in [0.4, 0.5) is 0 Å². The van der Waals surface area contributed by atoms with E-state index in [4.69, 9.17) is 9.15 Å². The molecule has 0 unspecified atom stereocenters. The van der Waals surface area contributed by atoms with Crippen LogP contribution in [0.2, 0.25) is 0 Å². The lowest BCUT2D eigenvalue weighted by atomic mass is 10.2. The van der Waals surface area contributed by atoms with Gasteiger partial charge in [-0.05, 0) is 42.8 Å². The van der Waals surface area contributed by atoms with Crippen molar-refractivity contribution in [2.24, 2.45) is 0 Å². The van der Waals surface area contributed by atoms with E-state index in [2.05, 4.69) is 9.97 Å². The minimum atomic E-state index is 0.585. The van der Waals surface area contributed by atoms with Crippen LogP contribution < -0.4 is 4.74 Å². The number of rotatable bonds is 3. The Morgan fingerprint density at radius 2 is 1.85 bits per heavy atom. The van der Waals surface area contributed by atoms with Gasteiger partial charge in [-0.3, -0.25) is 4.98 Å². The van der Waals surface area contributed by atoms with Crippen LogP contribution in [-0.4, -0.2) is 17.1 Å². The van der Waals surface area contributed by atoms with Gasteiger partial charge in [-0.25, -0.2) is 4.98 Å². The average molecular weight is 266 g/mol. The van der Waals surface area contributed by atoms with E-state index in [1.54, 1.807) is 25.7 Å². The Balaban J connectivity index is 1.95. The van der Waals surface area contributed by atoms with Gasteiger partial charge in [0.2, 0.25) is 5.89 Å². The standard InChI is InChI=1S/C16H14N2O2/c1-11-7-8-17-9-14(11)16-18-10-15(20-16)12-3-5-13(19-2)6-4-12/h3-10H,1-2H3. The maximum atomic E-state index is 5.82. The van der Waals surface area contributed by atoms with Gasteiger partial charge in [-0.1, -0.05) is 0 Å². The molecule has 0 bridgehead atoms. The van der Waals surface area contributed by atoms with Crippen LogP contribution in [0.5, 0.6) is 5.75 Å². The predicted molar refractivity (Wildman–Crippen MR) is 76.5 cm³/mol. The third kappa shape index (κ3) is 2.28. The van der Waals surface area contributed by atoms with E-state index in [1.165, 1.54) is 0 Å². The van der Waals surface area contributed by atoms with E-state index in [1.807, 2.05) is 37.3 Å². The zero-order valence-corrected chi connectivity index (χ0v) is 11.3. The molecule has 0 saturated heterocycles. The molecule has 2 aromatic heterocycles. The molecule has 0 fully saturated rings. The van der Waals surface area contributed by atoms with E-state index >= 15 is 0 Å². The molecule has 0 N–H and O–H groups in total. The highest BCUT2D eigenvalue weighted by molar-refractivity contribution is 5.62. The molecule has 20 heavy (non-hydrogen) atoms. The van der Waals surface area contributed by atoms with Crippen LogP contribution in [0.25, 0.3) is 22.8 Å². The highest BCUT2D eigenvalue weighted by Gasteiger charge is 2.10. The van der Waals surface area contributed by atoms with Crippen molar-refractivity contribution in [3.63, 3.8) is 0 Å². The molecule has 0 aliphatic carbocycles. The van der Waals surface area contributed by atoms with Gasteiger partial charge in [0.25, 0.3) is 0 Å². The van der Waals surface area contributed by atoms with Gasteiger partial charge in [0.15, 0.2) is 5.76 Å². The van der Waals surface area contributed by atoms with E-state index in [0.29, 0.717) is 5.89 Å². The molecule has 0 radical (unpaired) electrons. The van der Waals surface area contributed by atoms with Crippen molar-refractivity contribution in [1.29, 1.82) is 0 Å². The van der Waals surface area contributed by atoms with Crippen molar-refractivity contribution in [3.05, 3.63) is 54.5 Å². The van der Waals surface area contributed by atoms with Crippen LogP contribution in [-0.2, 0) is 0 Å². The highest BCUT2D eigenvalue weighted by atomic mass is 16.5. The van der Waals surface area contributed by atoms with E-state index in [0.717, 1.165) is 28.2 Å². The number of pyridine rings is 1. The second-order valence-electron chi connectivity index (χ2n) is 4.45. The fourth-order valence-corrected chi connectivity index (χ4v) is 1.98. The van der Waals surface area contributed by atoms with Crippen LogP contribution in [0.3, 0.4) is 0 Å². The summed E-state index contributed by atoms with van der Waals surface area (Å²) in [7, 11) is 1.65. The third-order valence-corrected chi connectivity index (χ3v) is 3.15. The number of oxazole rings is 1. The fraction of sp³-hybridized carbons (Fsp3) is 0.125. The molecule has 0 aliphatic rings. The van der Waals surface area contributed by atoms with Crippen molar-refractivity contribution in [3.8, 4) is 28.5 Å². The van der Waals surface area contributed by atoms with E-state index < -0.39 is 0 Å². The molecule has 100 valence electrons. The van der Waals surface area contributed by atoms with E-state index in [-0.39, 0.29) is 0 Å². The Kier molecular flexibility index (Phi) is 3.21. The zero-order valence-electron chi connectivity index (χ0n) is 11.3. The van der Waals surface area contributed by atoms with Crippen molar-refractivity contribution in [2.75, 3.05) is 7.11 Å². The number of benzene rings is 1. The van der Waals surface area contributed by atoms with Crippen LogP contribution in [0, 0.1) is 6.92 Å². The van der Waals surface area contributed by atoms with Gasteiger partial charge in [0.05, 0.1) is 18.9 Å². The lowest BCUT2D eigenvalue weighted by Gasteiger charge is -2.01. The average Bonchev–Trinajstić information content (AvgIpc) is 2.97. The topological polar surface area (TPSA) is 48.2 Å². The first-order chi connectivity index (χ1) is 9.78. The minimum Gasteiger partial charge on any atom is -0.497 e. The molecule has 0 aliphatic heterocycles. The first-order valence-electron chi connectivity index (χ1n) is 6.29. The van der Waals surface area contributed by atoms with Gasteiger partial charge < -0.3 is 9.15 Å². The van der Waals surface area contributed by atoms with Gasteiger partial charge in [-0.2, -0.15) is 0 Å². The maximum Gasteiger partial charge on any atom is 0.228 e. The number of ether oxygens (including phenoxy) is 1. The molecule has 4 nitrogen and oxygen atoms in total. The first-order valence-corrected chi connectivity index (χ1v) is 6.29. The summed E-state index contributed by atoms with van der Waals surface area (Å²) in [6, 6.07) is 9.62. The summed E-state index contributed by atoms with van der Waals surface area (Å²) in [6.45, 7) is 2.01. The normalized spacial score (nSPS) is 10.5. The van der Waals surface area contributed by atoms with Gasteiger partial charge in [-0.15, -0.1) is 0 Å². The largest absolute Gasteiger partial charge is 0.497 e. The smallest absolute Gasteiger partial charge is 0.228 e. The fourth-order valence-electron chi connectivity index (χ4n) is 1.98. The van der Waals surface area contributed by atoms with Gasteiger partial charge >= 0.3 is 0 Å². The Bertz CT molecular complexity index is 717. The first kappa shape index (κ1) is 12.4.